The van der Waals surface area contributed by atoms with Crippen molar-refractivity contribution in [3.05, 3.63) is 102 Å². The molecular formula is C25H16ClNO. The molecule has 2 nitrogen and oxygen atoms in total. The quantitative estimate of drug-likeness (QED) is 0.323. The molecule has 0 atom stereocenters. The fraction of sp³-hybridized carbons (Fsp3) is 0. The third-order valence-electron chi connectivity index (χ3n) is 4.80. The summed E-state index contributed by atoms with van der Waals surface area (Å²) >= 11 is 6.22. The first kappa shape index (κ1) is 16.8. The van der Waals surface area contributed by atoms with Crippen molar-refractivity contribution in [1.29, 1.82) is 0 Å². The molecule has 0 unspecified atom stereocenters. The average molecular weight is 382 g/mol. The molecule has 3 heteroatoms. The second-order valence-corrected chi connectivity index (χ2v) is 7.04. The van der Waals surface area contributed by atoms with Crippen LogP contribution in [0.15, 0.2) is 101 Å². The summed E-state index contributed by atoms with van der Waals surface area (Å²) < 4.78 is 5.91. The van der Waals surface area contributed by atoms with Crippen LogP contribution in [-0.2, 0) is 0 Å². The Hall–Kier alpha value is -3.36. The molecule has 0 N–H and O–H groups in total. The van der Waals surface area contributed by atoms with Crippen molar-refractivity contribution in [3.63, 3.8) is 0 Å². The Morgan fingerprint density at radius 1 is 0.571 bits per heavy atom. The van der Waals surface area contributed by atoms with Gasteiger partial charge in [-0.2, -0.15) is 0 Å². The second-order valence-electron chi connectivity index (χ2n) is 6.63. The smallest absolute Gasteiger partial charge is 0.227 e. The molecule has 5 rings (SSSR count). The van der Waals surface area contributed by atoms with Gasteiger partial charge in [-0.05, 0) is 46.5 Å². The van der Waals surface area contributed by atoms with Gasteiger partial charge in [0.25, 0.3) is 0 Å². The summed E-state index contributed by atoms with van der Waals surface area (Å²) in [5, 5.41) is 0.573. The van der Waals surface area contributed by atoms with Gasteiger partial charge in [0.1, 0.15) is 5.52 Å². The molecule has 0 radical (unpaired) electrons. The Bertz CT molecular complexity index is 1260. The summed E-state index contributed by atoms with van der Waals surface area (Å²) in [6.45, 7) is 0. The van der Waals surface area contributed by atoms with Gasteiger partial charge < -0.3 is 4.42 Å². The highest BCUT2D eigenvalue weighted by Crippen LogP contribution is 2.32. The lowest BCUT2D eigenvalue weighted by Crippen LogP contribution is -1.82. The molecule has 0 spiro atoms. The van der Waals surface area contributed by atoms with Crippen LogP contribution in [-0.4, -0.2) is 4.98 Å². The monoisotopic (exact) mass is 381 g/mol. The van der Waals surface area contributed by atoms with E-state index in [1.807, 2.05) is 36.4 Å². The van der Waals surface area contributed by atoms with Crippen LogP contribution in [0, 0.1) is 0 Å². The van der Waals surface area contributed by atoms with E-state index in [-0.39, 0.29) is 0 Å². The molecule has 0 aliphatic rings. The fourth-order valence-electron chi connectivity index (χ4n) is 3.36. The van der Waals surface area contributed by atoms with E-state index in [0.29, 0.717) is 16.5 Å². The maximum atomic E-state index is 6.22. The summed E-state index contributed by atoms with van der Waals surface area (Å²) in [7, 11) is 0. The van der Waals surface area contributed by atoms with Crippen molar-refractivity contribution in [3.8, 4) is 33.7 Å². The van der Waals surface area contributed by atoms with Gasteiger partial charge in [0.2, 0.25) is 5.89 Å². The number of fused-ring (bicyclic) bond motifs is 1. The molecule has 134 valence electrons. The Morgan fingerprint density at radius 3 is 1.93 bits per heavy atom. The molecule has 0 aliphatic carbocycles. The zero-order chi connectivity index (χ0) is 18.9. The average Bonchev–Trinajstić information content (AvgIpc) is 3.21. The van der Waals surface area contributed by atoms with E-state index in [1.165, 1.54) is 11.1 Å². The molecule has 4 aromatic carbocycles. The minimum Gasteiger partial charge on any atom is -0.435 e. The molecule has 1 heterocycles. The highest BCUT2D eigenvalue weighted by atomic mass is 35.5. The van der Waals surface area contributed by atoms with E-state index in [4.69, 9.17) is 16.0 Å². The molecule has 0 saturated carbocycles. The molecule has 0 aliphatic heterocycles. The van der Waals surface area contributed by atoms with Crippen molar-refractivity contribution in [2.75, 3.05) is 0 Å². The van der Waals surface area contributed by atoms with Crippen molar-refractivity contribution in [1.82, 2.24) is 4.98 Å². The summed E-state index contributed by atoms with van der Waals surface area (Å²) in [4.78, 5) is 4.58. The predicted molar refractivity (Wildman–Crippen MR) is 115 cm³/mol. The summed E-state index contributed by atoms with van der Waals surface area (Å²) in [6.07, 6.45) is 0. The van der Waals surface area contributed by atoms with Crippen LogP contribution in [0.3, 0.4) is 0 Å². The summed E-state index contributed by atoms with van der Waals surface area (Å²) in [5.74, 6) is 0.575. The van der Waals surface area contributed by atoms with Crippen molar-refractivity contribution >= 4 is 22.7 Å². The number of oxazole rings is 1. The molecule has 0 fully saturated rings. The molecule has 28 heavy (non-hydrogen) atoms. The van der Waals surface area contributed by atoms with Gasteiger partial charge in [0.15, 0.2) is 5.58 Å². The van der Waals surface area contributed by atoms with Crippen LogP contribution < -0.4 is 0 Å². The molecule has 5 aromatic rings. The highest BCUT2D eigenvalue weighted by Gasteiger charge is 2.11. The normalized spacial score (nSPS) is 11.0. The predicted octanol–water partition coefficient (Wildman–Crippen LogP) is 7.48. The van der Waals surface area contributed by atoms with Gasteiger partial charge in [-0.15, -0.1) is 0 Å². The highest BCUT2D eigenvalue weighted by molar-refractivity contribution is 6.34. The molecular weight excluding hydrogens is 366 g/mol. The molecule has 1 aromatic heterocycles. The lowest BCUT2D eigenvalue weighted by Gasteiger charge is -2.06. The van der Waals surface area contributed by atoms with E-state index >= 15 is 0 Å². The molecule has 0 saturated heterocycles. The third-order valence-corrected chi connectivity index (χ3v) is 5.10. The second kappa shape index (κ2) is 6.99. The van der Waals surface area contributed by atoms with Crippen LogP contribution in [0.4, 0.5) is 0 Å². The Balaban J connectivity index is 1.51. The van der Waals surface area contributed by atoms with Crippen LogP contribution >= 0.6 is 11.6 Å². The van der Waals surface area contributed by atoms with Crippen LogP contribution in [0.2, 0.25) is 5.02 Å². The lowest BCUT2D eigenvalue weighted by atomic mass is 9.99. The number of rotatable bonds is 3. The van der Waals surface area contributed by atoms with Gasteiger partial charge in [0, 0.05) is 5.56 Å². The number of nitrogens with zero attached hydrogens (tertiary/aromatic N) is 1. The third kappa shape index (κ3) is 3.08. The number of para-hydroxylation sites is 1. The van der Waals surface area contributed by atoms with Crippen LogP contribution in [0.5, 0.6) is 0 Å². The first-order valence-electron chi connectivity index (χ1n) is 9.09. The van der Waals surface area contributed by atoms with Gasteiger partial charge in [-0.25, -0.2) is 4.98 Å². The minimum atomic E-state index is 0.573. The Kier molecular flexibility index (Phi) is 4.19. The van der Waals surface area contributed by atoms with E-state index < -0.39 is 0 Å². The fourth-order valence-corrected chi connectivity index (χ4v) is 3.56. The zero-order valence-corrected chi connectivity index (χ0v) is 15.7. The Labute approximate surface area is 168 Å². The van der Waals surface area contributed by atoms with Gasteiger partial charge >= 0.3 is 0 Å². The topological polar surface area (TPSA) is 26.0 Å². The maximum Gasteiger partial charge on any atom is 0.227 e. The van der Waals surface area contributed by atoms with Gasteiger partial charge in [0.05, 0.1) is 5.02 Å². The standard InChI is InChI=1S/C25H16ClNO/c26-22-10-5-11-23-24(22)28-25(27-23)21-9-4-8-20(16-21)19-14-12-18(13-15-19)17-6-2-1-3-7-17/h1-16H. The largest absolute Gasteiger partial charge is 0.435 e. The van der Waals surface area contributed by atoms with E-state index in [9.17, 15) is 0 Å². The molecule has 0 bridgehead atoms. The Morgan fingerprint density at radius 2 is 1.18 bits per heavy atom. The van der Waals surface area contributed by atoms with Gasteiger partial charge in [-0.3, -0.25) is 0 Å². The van der Waals surface area contributed by atoms with Crippen molar-refractivity contribution < 1.29 is 4.42 Å². The van der Waals surface area contributed by atoms with Gasteiger partial charge in [-0.1, -0.05) is 84.4 Å². The zero-order valence-electron chi connectivity index (χ0n) is 15.0. The number of benzene rings is 4. The van der Waals surface area contributed by atoms with E-state index in [2.05, 4.69) is 65.6 Å². The number of halogens is 1. The summed E-state index contributed by atoms with van der Waals surface area (Å²) in [5.41, 5.74) is 7.00. The van der Waals surface area contributed by atoms with Crippen LogP contribution in [0.1, 0.15) is 0 Å². The van der Waals surface area contributed by atoms with Crippen molar-refractivity contribution in [2.45, 2.75) is 0 Å². The van der Waals surface area contributed by atoms with Crippen LogP contribution in [0.25, 0.3) is 44.8 Å². The molecule has 0 amide bonds. The summed E-state index contributed by atoms with van der Waals surface area (Å²) in [6, 6.07) is 32.8. The number of hydrogen-bond donors (Lipinski definition) is 0. The first-order valence-corrected chi connectivity index (χ1v) is 9.47. The maximum absolute atomic E-state index is 6.22. The SMILES string of the molecule is Clc1cccc2nc(-c3cccc(-c4ccc(-c5ccccc5)cc4)c3)oc12. The minimum absolute atomic E-state index is 0.573. The lowest BCUT2D eigenvalue weighted by molar-refractivity contribution is 0.620. The van der Waals surface area contributed by atoms with Crippen molar-refractivity contribution in [2.24, 2.45) is 0 Å². The van der Waals surface area contributed by atoms with E-state index in [0.717, 1.165) is 22.2 Å². The van der Waals surface area contributed by atoms with E-state index in [1.54, 1.807) is 0 Å². The number of hydrogen-bond acceptors (Lipinski definition) is 2. The first-order chi connectivity index (χ1) is 13.8. The number of aromatic nitrogens is 1.